The lowest BCUT2D eigenvalue weighted by molar-refractivity contribution is -0.384. The molecule has 0 aliphatic carbocycles. The number of hydrogen-bond acceptors (Lipinski definition) is 5. The number of non-ortho nitro benzene ring substituents is 1. The lowest BCUT2D eigenvalue weighted by Crippen LogP contribution is -2.14. The number of nitrogens with zero attached hydrogens (tertiary/aromatic N) is 2. The van der Waals surface area contributed by atoms with Crippen molar-refractivity contribution >= 4 is 35.1 Å². The molecular weight excluding hydrogens is 312 g/mol. The normalized spacial score (nSPS) is 12.0. The van der Waals surface area contributed by atoms with Gasteiger partial charge in [0.05, 0.1) is 21.3 Å². The van der Waals surface area contributed by atoms with E-state index in [1.54, 1.807) is 18.2 Å². The van der Waals surface area contributed by atoms with Gasteiger partial charge in [0.15, 0.2) is 11.5 Å². The highest BCUT2D eigenvalue weighted by Crippen LogP contribution is 2.39. The molecule has 1 amide bonds. The van der Waals surface area contributed by atoms with Crippen molar-refractivity contribution in [2.24, 2.45) is 0 Å². The van der Waals surface area contributed by atoms with Gasteiger partial charge in [0.2, 0.25) is 13.2 Å². The van der Waals surface area contributed by atoms with Gasteiger partial charge in [0.1, 0.15) is 0 Å². The zero-order valence-electron chi connectivity index (χ0n) is 11.1. The highest BCUT2D eigenvalue weighted by atomic mass is 35.5. The van der Waals surface area contributed by atoms with Crippen molar-refractivity contribution < 1.29 is 19.2 Å². The average molecular weight is 321 g/mol. The van der Waals surface area contributed by atoms with Crippen molar-refractivity contribution in [3.8, 4) is 11.5 Å². The summed E-state index contributed by atoms with van der Waals surface area (Å²) in [6.07, 6.45) is 0.530. The fraction of sp³-hybridized carbons (Fsp3) is 0.0714. The highest BCUT2D eigenvalue weighted by molar-refractivity contribution is 6.34. The highest BCUT2D eigenvalue weighted by Gasteiger charge is 2.20. The van der Waals surface area contributed by atoms with Gasteiger partial charge < -0.3 is 9.47 Å². The first-order chi connectivity index (χ1) is 10.6. The van der Waals surface area contributed by atoms with Gasteiger partial charge in [-0.1, -0.05) is 11.6 Å². The predicted octanol–water partition coefficient (Wildman–Crippen LogP) is 3.27. The minimum atomic E-state index is -0.553. The minimum absolute atomic E-state index is 0.109. The van der Waals surface area contributed by atoms with Gasteiger partial charge in [-0.2, -0.15) is 0 Å². The number of amides is 1. The number of hydrogen-bond donors (Lipinski definition) is 0. The molecule has 0 radical (unpaired) electrons. The van der Waals surface area contributed by atoms with E-state index < -0.39 is 4.92 Å². The Bertz CT molecular complexity index is 765. The van der Waals surface area contributed by atoms with E-state index in [0.29, 0.717) is 23.6 Å². The first-order valence-electron chi connectivity index (χ1n) is 6.18. The van der Waals surface area contributed by atoms with Gasteiger partial charge >= 0.3 is 0 Å². The summed E-state index contributed by atoms with van der Waals surface area (Å²) >= 11 is 6.06. The minimum Gasteiger partial charge on any atom is -0.454 e. The third-order valence-corrected chi connectivity index (χ3v) is 3.46. The summed E-state index contributed by atoms with van der Waals surface area (Å²) in [7, 11) is 0. The second kappa shape index (κ2) is 5.53. The van der Waals surface area contributed by atoms with E-state index in [0.717, 1.165) is 0 Å². The third-order valence-electron chi connectivity index (χ3n) is 3.14. The van der Waals surface area contributed by atoms with Crippen molar-refractivity contribution in [2.75, 3.05) is 11.7 Å². The SMILES string of the molecule is O=CN(c1ccc2c(c1)OCO2)c1cc([N+](=O)[O-])ccc1Cl. The molecule has 0 saturated carbocycles. The van der Waals surface area contributed by atoms with Crippen LogP contribution in [0.3, 0.4) is 0 Å². The Kier molecular flexibility index (Phi) is 3.56. The standard InChI is InChI=1S/C14H9ClN2O5/c15-11-3-1-10(17(19)20)5-12(11)16(7-18)9-2-4-13-14(6-9)22-8-21-13/h1-7H,8H2. The number of fused-ring (bicyclic) bond motifs is 1. The number of ether oxygens (including phenoxy) is 2. The van der Waals surface area contributed by atoms with Gasteiger partial charge in [-0.25, -0.2) is 0 Å². The van der Waals surface area contributed by atoms with E-state index in [1.165, 1.54) is 23.1 Å². The summed E-state index contributed by atoms with van der Waals surface area (Å²) in [5.74, 6) is 1.06. The van der Waals surface area contributed by atoms with E-state index >= 15 is 0 Å². The lowest BCUT2D eigenvalue weighted by Gasteiger charge is -2.19. The van der Waals surface area contributed by atoms with Gasteiger partial charge in [0, 0.05) is 18.2 Å². The van der Waals surface area contributed by atoms with Crippen LogP contribution < -0.4 is 14.4 Å². The van der Waals surface area contributed by atoms with Crippen LogP contribution in [-0.4, -0.2) is 18.1 Å². The lowest BCUT2D eigenvalue weighted by atomic mass is 10.2. The number of nitro groups is 1. The number of carbonyl (C=O) groups is 1. The van der Waals surface area contributed by atoms with Gasteiger partial charge in [0.25, 0.3) is 5.69 Å². The average Bonchev–Trinajstić information content (AvgIpc) is 2.97. The fourth-order valence-corrected chi connectivity index (χ4v) is 2.30. The van der Waals surface area contributed by atoms with Crippen LogP contribution in [-0.2, 0) is 4.79 Å². The molecule has 0 saturated heterocycles. The summed E-state index contributed by atoms with van der Waals surface area (Å²) in [4.78, 5) is 23.0. The molecule has 2 aromatic rings. The summed E-state index contributed by atoms with van der Waals surface area (Å²) in [6.45, 7) is 0.109. The molecule has 112 valence electrons. The zero-order valence-corrected chi connectivity index (χ0v) is 11.8. The summed E-state index contributed by atoms with van der Waals surface area (Å²) in [5, 5.41) is 11.1. The van der Waals surface area contributed by atoms with E-state index in [1.807, 2.05) is 0 Å². The quantitative estimate of drug-likeness (QED) is 0.490. The van der Waals surface area contributed by atoms with Crippen molar-refractivity contribution in [3.05, 3.63) is 51.5 Å². The van der Waals surface area contributed by atoms with Crippen molar-refractivity contribution in [2.45, 2.75) is 0 Å². The smallest absolute Gasteiger partial charge is 0.271 e. The Balaban J connectivity index is 2.06. The van der Waals surface area contributed by atoms with E-state index in [4.69, 9.17) is 21.1 Å². The van der Waals surface area contributed by atoms with Crippen LogP contribution in [0.25, 0.3) is 0 Å². The second-order valence-corrected chi connectivity index (χ2v) is 4.81. The summed E-state index contributed by atoms with van der Waals surface area (Å²) < 4.78 is 10.5. The summed E-state index contributed by atoms with van der Waals surface area (Å²) in [6, 6.07) is 8.77. The third kappa shape index (κ3) is 2.42. The molecule has 0 atom stereocenters. The zero-order chi connectivity index (χ0) is 15.7. The molecule has 1 aliphatic heterocycles. The maximum atomic E-state index is 11.5. The number of nitro benzene ring substituents is 1. The fourth-order valence-electron chi connectivity index (χ4n) is 2.09. The molecule has 1 heterocycles. The predicted molar refractivity (Wildman–Crippen MR) is 78.9 cm³/mol. The van der Waals surface area contributed by atoms with Gasteiger partial charge in [-0.05, 0) is 18.2 Å². The van der Waals surface area contributed by atoms with Crippen LogP contribution in [0.15, 0.2) is 36.4 Å². The number of carbonyl (C=O) groups excluding carboxylic acids is 1. The van der Waals surface area contributed by atoms with Crippen molar-refractivity contribution in [1.82, 2.24) is 0 Å². The molecule has 7 nitrogen and oxygen atoms in total. The molecule has 8 heteroatoms. The molecule has 22 heavy (non-hydrogen) atoms. The van der Waals surface area contributed by atoms with E-state index in [2.05, 4.69) is 0 Å². The van der Waals surface area contributed by atoms with Gasteiger partial charge in [-0.15, -0.1) is 0 Å². The van der Waals surface area contributed by atoms with E-state index in [-0.39, 0.29) is 23.2 Å². The Hall–Kier alpha value is -2.80. The van der Waals surface area contributed by atoms with Crippen LogP contribution in [0, 0.1) is 10.1 Å². The Morgan fingerprint density at radius 2 is 1.95 bits per heavy atom. The Morgan fingerprint density at radius 1 is 1.18 bits per heavy atom. The topological polar surface area (TPSA) is 81.9 Å². The van der Waals surface area contributed by atoms with Crippen LogP contribution >= 0.6 is 11.6 Å². The van der Waals surface area contributed by atoms with Crippen molar-refractivity contribution in [3.63, 3.8) is 0 Å². The Labute approximate surface area is 129 Å². The number of halogens is 1. The largest absolute Gasteiger partial charge is 0.454 e. The monoisotopic (exact) mass is 320 g/mol. The molecular formula is C14H9ClN2O5. The molecule has 0 spiro atoms. The molecule has 0 aromatic heterocycles. The second-order valence-electron chi connectivity index (χ2n) is 4.41. The van der Waals surface area contributed by atoms with Crippen LogP contribution in [0.1, 0.15) is 0 Å². The number of anilines is 2. The van der Waals surface area contributed by atoms with Crippen LogP contribution in [0.2, 0.25) is 5.02 Å². The molecule has 0 unspecified atom stereocenters. The molecule has 0 fully saturated rings. The molecule has 0 N–H and O–H groups in total. The summed E-state index contributed by atoms with van der Waals surface area (Å²) in [5.41, 5.74) is 0.512. The molecule has 0 bridgehead atoms. The van der Waals surface area contributed by atoms with E-state index in [9.17, 15) is 14.9 Å². The number of benzene rings is 2. The van der Waals surface area contributed by atoms with Crippen molar-refractivity contribution in [1.29, 1.82) is 0 Å². The first kappa shape index (κ1) is 14.2. The maximum Gasteiger partial charge on any atom is 0.271 e. The number of rotatable bonds is 4. The molecule has 2 aromatic carbocycles. The van der Waals surface area contributed by atoms with Crippen LogP contribution in [0.4, 0.5) is 17.1 Å². The Morgan fingerprint density at radius 3 is 2.68 bits per heavy atom. The molecule has 3 rings (SSSR count). The van der Waals surface area contributed by atoms with Crippen LogP contribution in [0.5, 0.6) is 11.5 Å². The van der Waals surface area contributed by atoms with Gasteiger partial charge in [-0.3, -0.25) is 19.8 Å². The molecule has 1 aliphatic rings. The maximum absolute atomic E-state index is 11.5. The first-order valence-corrected chi connectivity index (χ1v) is 6.56.